The fourth-order valence-electron chi connectivity index (χ4n) is 1.48. The van der Waals surface area contributed by atoms with Crippen LogP contribution in [0.3, 0.4) is 0 Å². The van der Waals surface area contributed by atoms with E-state index in [0.29, 0.717) is 15.9 Å². The van der Waals surface area contributed by atoms with Crippen LogP contribution in [0.25, 0.3) is 0 Å². The zero-order chi connectivity index (χ0) is 14.0. The summed E-state index contributed by atoms with van der Waals surface area (Å²) in [7, 11) is 0. The highest BCUT2D eigenvalue weighted by Crippen LogP contribution is 2.39. The van der Waals surface area contributed by atoms with Crippen molar-refractivity contribution in [2.45, 2.75) is 6.18 Å². The van der Waals surface area contributed by atoms with E-state index >= 15 is 0 Å². The molecule has 0 saturated heterocycles. The Kier molecular flexibility index (Phi) is 5.30. The number of anilines is 1. The second kappa shape index (κ2) is 6.37. The number of nitrogen functional groups attached to an aromatic ring is 1. The summed E-state index contributed by atoms with van der Waals surface area (Å²) in [5.41, 5.74) is 5.18. The van der Waals surface area contributed by atoms with Crippen LogP contribution in [0.2, 0.25) is 0 Å². The third kappa shape index (κ3) is 4.05. The zero-order valence-electron chi connectivity index (χ0n) is 9.95. The third-order valence-electron chi connectivity index (χ3n) is 2.35. The van der Waals surface area contributed by atoms with Crippen molar-refractivity contribution in [1.82, 2.24) is 0 Å². The molecule has 7 heteroatoms. The van der Waals surface area contributed by atoms with Gasteiger partial charge in [0.25, 0.3) is 0 Å². The molecule has 108 valence electrons. The molecule has 0 aliphatic carbocycles. The molecular formula is C13H10BrClF3NO. The first-order valence-corrected chi connectivity index (χ1v) is 6.06. The quantitative estimate of drug-likeness (QED) is 0.734. The summed E-state index contributed by atoms with van der Waals surface area (Å²) < 4.78 is 44.2. The van der Waals surface area contributed by atoms with Gasteiger partial charge in [-0.05, 0) is 42.5 Å². The van der Waals surface area contributed by atoms with E-state index in [1.807, 2.05) is 0 Å². The van der Waals surface area contributed by atoms with Gasteiger partial charge in [0.15, 0.2) is 0 Å². The van der Waals surface area contributed by atoms with Gasteiger partial charge < -0.3 is 10.5 Å². The van der Waals surface area contributed by atoms with E-state index in [4.69, 9.17) is 10.5 Å². The highest BCUT2D eigenvalue weighted by Gasteiger charge is 2.34. The molecule has 0 aromatic heterocycles. The van der Waals surface area contributed by atoms with Crippen molar-refractivity contribution in [3.63, 3.8) is 0 Å². The van der Waals surface area contributed by atoms with Gasteiger partial charge in [-0.25, -0.2) is 0 Å². The average molecular weight is 369 g/mol. The molecule has 0 saturated carbocycles. The monoisotopic (exact) mass is 367 g/mol. The Labute approximate surface area is 128 Å². The molecule has 0 atom stereocenters. The Morgan fingerprint density at radius 2 is 1.60 bits per heavy atom. The summed E-state index contributed by atoms with van der Waals surface area (Å²) in [5, 5.41) is 0. The molecule has 2 aromatic carbocycles. The number of nitrogens with two attached hydrogens (primary N) is 1. The van der Waals surface area contributed by atoms with Gasteiger partial charge in [0.05, 0.1) is 5.56 Å². The zero-order valence-corrected chi connectivity index (χ0v) is 12.3. The highest BCUT2D eigenvalue weighted by molar-refractivity contribution is 9.10. The molecule has 0 spiro atoms. The second-order valence-corrected chi connectivity index (χ2v) is 4.73. The molecule has 0 bridgehead atoms. The Morgan fingerprint density at radius 1 is 1.00 bits per heavy atom. The van der Waals surface area contributed by atoms with E-state index in [-0.39, 0.29) is 18.2 Å². The minimum atomic E-state index is -4.48. The summed E-state index contributed by atoms with van der Waals surface area (Å²) in [6.45, 7) is 0. The number of hydrogen-bond donors (Lipinski definition) is 1. The molecule has 0 radical (unpaired) electrons. The first-order valence-electron chi connectivity index (χ1n) is 5.26. The average Bonchev–Trinajstić information content (AvgIpc) is 2.33. The molecule has 0 aliphatic rings. The van der Waals surface area contributed by atoms with Crippen molar-refractivity contribution >= 4 is 34.0 Å². The van der Waals surface area contributed by atoms with Crippen molar-refractivity contribution in [2.75, 3.05) is 5.73 Å². The lowest BCUT2D eigenvalue weighted by Gasteiger charge is -2.14. The van der Waals surface area contributed by atoms with Gasteiger partial charge in [-0.1, -0.05) is 15.9 Å². The molecule has 2 rings (SSSR count). The molecule has 0 amide bonds. The van der Waals surface area contributed by atoms with E-state index < -0.39 is 11.7 Å². The minimum absolute atomic E-state index is 0. The van der Waals surface area contributed by atoms with Gasteiger partial charge >= 0.3 is 6.18 Å². The largest absolute Gasteiger partial charge is 0.457 e. The van der Waals surface area contributed by atoms with E-state index in [9.17, 15) is 13.2 Å². The Bertz CT molecular complexity index is 587. The maximum Gasteiger partial charge on any atom is 0.420 e. The van der Waals surface area contributed by atoms with Crippen molar-refractivity contribution in [3.8, 4) is 11.5 Å². The molecular weight excluding hydrogens is 358 g/mol. The molecule has 0 fully saturated rings. The number of ether oxygens (including phenoxy) is 1. The number of rotatable bonds is 2. The van der Waals surface area contributed by atoms with Crippen LogP contribution in [-0.4, -0.2) is 0 Å². The topological polar surface area (TPSA) is 35.2 Å². The lowest BCUT2D eigenvalue weighted by molar-refractivity contribution is -0.138. The summed E-state index contributed by atoms with van der Waals surface area (Å²) in [6.07, 6.45) is -4.48. The third-order valence-corrected chi connectivity index (χ3v) is 2.85. The number of hydrogen-bond acceptors (Lipinski definition) is 2. The lowest BCUT2D eigenvalue weighted by Crippen LogP contribution is -2.07. The van der Waals surface area contributed by atoms with Gasteiger partial charge in [-0.3, -0.25) is 0 Å². The first kappa shape index (κ1) is 16.7. The Balaban J connectivity index is 0.00000200. The molecule has 20 heavy (non-hydrogen) atoms. The maximum absolute atomic E-state index is 12.9. The standard InChI is InChI=1S/C13H9BrF3NO.ClH/c14-8-1-6-12(11(7-8)13(15,16)17)19-10-4-2-9(18)3-5-10;/h1-7H,18H2;1H. The van der Waals surface area contributed by atoms with Crippen LogP contribution in [0.15, 0.2) is 46.9 Å². The number of alkyl halides is 3. The van der Waals surface area contributed by atoms with Crippen LogP contribution >= 0.6 is 28.3 Å². The van der Waals surface area contributed by atoms with Gasteiger partial charge in [0, 0.05) is 10.2 Å². The SMILES string of the molecule is Cl.Nc1ccc(Oc2ccc(Br)cc2C(F)(F)F)cc1. The normalized spacial score (nSPS) is 10.8. The summed E-state index contributed by atoms with van der Waals surface area (Å²) in [4.78, 5) is 0. The van der Waals surface area contributed by atoms with Crippen LogP contribution in [0.1, 0.15) is 5.56 Å². The van der Waals surface area contributed by atoms with Crippen molar-refractivity contribution in [1.29, 1.82) is 0 Å². The van der Waals surface area contributed by atoms with E-state index in [1.165, 1.54) is 24.3 Å². The fraction of sp³-hybridized carbons (Fsp3) is 0.0769. The molecule has 0 heterocycles. The molecule has 0 aliphatic heterocycles. The highest BCUT2D eigenvalue weighted by atomic mass is 79.9. The number of halogens is 5. The van der Waals surface area contributed by atoms with E-state index in [2.05, 4.69) is 15.9 Å². The predicted octanol–water partition coefficient (Wildman–Crippen LogP) is 5.26. The van der Waals surface area contributed by atoms with Crippen molar-refractivity contribution < 1.29 is 17.9 Å². The predicted molar refractivity (Wildman–Crippen MR) is 77.3 cm³/mol. The summed E-state index contributed by atoms with van der Waals surface area (Å²) >= 11 is 3.01. The summed E-state index contributed by atoms with van der Waals surface area (Å²) in [5.74, 6) is 0.0440. The van der Waals surface area contributed by atoms with Crippen molar-refractivity contribution in [3.05, 3.63) is 52.5 Å². The van der Waals surface area contributed by atoms with Crippen LogP contribution in [-0.2, 0) is 6.18 Å². The minimum Gasteiger partial charge on any atom is -0.457 e. The van der Waals surface area contributed by atoms with Crippen LogP contribution in [0.4, 0.5) is 18.9 Å². The Hall–Kier alpha value is -1.40. The number of benzene rings is 2. The van der Waals surface area contributed by atoms with Gasteiger partial charge in [-0.2, -0.15) is 13.2 Å². The van der Waals surface area contributed by atoms with E-state index in [0.717, 1.165) is 6.07 Å². The summed E-state index contributed by atoms with van der Waals surface area (Å²) in [6, 6.07) is 9.87. The second-order valence-electron chi connectivity index (χ2n) is 3.81. The van der Waals surface area contributed by atoms with Gasteiger partial charge in [-0.15, -0.1) is 12.4 Å². The van der Waals surface area contributed by atoms with Gasteiger partial charge in [0.1, 0.15) is 11.5 Å². The fourth-order valence-corrected chi connectivity index (χ4v) is 1.84. The Morgan fingerprint density at radius 3 is 2.15 bits per heavy atom. The van der Waals surface area contributed by atoms with E-state index in [1.54, 1.807) is 12.1 Å². The first-order chi connectivity index (χ1) is 8.86. The van der Waals surface area contributed by atoms with Crippen LogP contribution in [0.5, 0.6) is 11.5 Å². The molecule has 0 unspecified atom stereocenters. The van der Waals surface area contributed by atoms with Gasteiger partial charge in [0.2, 0.25) is 0 Å². The van der Waals surface area contributed by atoms with Crippen LogP contribution < -0.4 is 10.5 Å². The smallest absolute Gasteiger partial charge is 0.420 e. The van der Waals surface area contributed by atoms with Crippen molar-refractivity contribution in [2.24, 2.45) is 0 Å². The lowest BCUT2D eigenvalue weighted by atomic mass is 10.2. The molecule has 2 nitrogen and oxygen atoms in total. The molecule has 2 N–H and O–H groups in total. The molecule has 2 aromatic rings. The maximum atomic E-state index is 12.9. The van der Waals surface area contributed by atoms with Crippen LogP contribution in [0, 0.1) is 0 Å².